The molecule has 3 rings (SSSR count). The Hall–Kier alpha value is -3.31. The minimum absolute atomic E-state index is 0.110. The molecule has 0 aromatic heterocycles. The molecule has 0 fully saturated rings. The molecular weight excluding hydrogens is 412 g/mol. The number of methoxy groups -OCH3 is 1. The van der Waals surface area contributed by atoms with Crippen LogP contribution in [0.3, 0.4) is 0 Å². The number of carbonyl (C=O) groups is 1. The summed E-state index contributed by atoms with van der Waals surface area (Å²) >= 11 is 0. The highest BCUT2D eigenvalue weighted by molar-refractivity contribution is 7.92. The van der Waals surface area contributed by atoms with Crippen LogP contribution in [-0.4, -0.2) is 49.9 Å². The summed E-state index contributed by atoms with van der Waals surface area (Å²) in [7, 11) is -2.09. The molecule has 1 aliphatic heterocycles. The number of hydrogen-bond donors (Lipinski definition) is 1. The molecule has 1 atom stereocenters. The van der Waals surface area contributed by atoms with Crippen LogP contribution < -0.4 is 4.72 Å². The van der Waals surface area contributed by atoms with Crippen molar-refractivity contribution in [1.29, 1.82) is 0 Å². The number of ether oxygens (including phenoxy) is 1. The van der Waals surface area contributed by atoms with Gasteiger partial charge in [0.1, 0.15) is 6.61 Å². The molecule has 0 bridgehead atoms. The van der Waals surface area contributed by atoms with Crippen LogP contribution in [0.25, 0.3) is 0 Å². The normalized spacial score (nSPS) is 16.3. The van der Waals surface area contributed by atoms with Crippen molar-refractivity contribution in [2.45, 2.75) is 12.5 Å². The zero-order valence-electron chi connectivity index (χ0n) is 16.3. The lowest BCUT2D eigenvalue weighted by atomic mass is 9.97. The van der Waals surface area contributed by atoms with Crippen molar-refractivity contribution in [2.24, 2.45) is 5.10 Å². The van der Waals surface area contributed by atoms with Crippen molar-refractivity contribution >= 4 is 33.0 Å². The third-order valence-corrected chi connectivity index (χ3v) is 5.03. The lowest BCUT2D eigenvalue weighted by Gasteiger charge is -2.21. The SMILES string of the molecule is COCC(=O)N1N=C(c2cccc(NS(C)(=O)=O)c2)C[C@@H]1c1ccccc1[N+](=O)[O-]. The molecule has 1 amide bonds. The van der Waals surface area contributed by atoms with Crippen LogP contribution in [-0.2, 0) is 19.6 Å². The minimum Gasteiger partial charge on any atom is -0.375 e. The number of nitro groups is 1. The van der Waals surface area contributed by atoms with Crippen molar-refractivity contribution < 1.29 is 22.9 Å². The standard InChI is InChI=1S/C19H20N4O6S/c1-29-12-19(24)22-18(15-8-3-4-9-17(15)23(25)26)11-16(20-22)13-6-5-7-14(10-13)21-30(2,27)28/h3-10,18,21H,11-12H2,1-2H3/t18-/m1/s1. The van der Waals surface area contributed by atoms with Gasteiger partial charge in [-0.05, 0) is 23.8 Å². The van der Waals surface area contributed by atoms with E-state index in [4.69, 9.17) is 4.74 Å². The molecule has 0 radical (unpaired) electrons. The number of nitro benzene ring substituents is 1. The Balaban J connectivity index is 2.01. The quantitative estimate of drug-likeness (QED) is 0.527. The van der Waals surface area contributed by atoms with Gasteiger partial charge >= 0.3 is 0 Å². The number of hydrazone groups is 1. The van der Waals surface area contributed by atoms with Crippen LogP contribution in [0, 0.1) is 10.1 Å². The Bertz CT molecular complexity index is 1120. The first-order valence-electron chi connectivity index (χ1n) is 8.89. The molecule has 0 unspecified atom stereocenters. The van der Waals surface area contributed by atoms with Gasteiger partial charge in [0.05, 0.1) is 28.5 Å². The molecule has 11 heteroatoms. The van der Waals surface area contributed by atoms with Gasteiger partial charge in [-0.15, -0.1) is 0 Å². The summed E-state index contributed by atoms with van der Waals surface area (Å²) in [5.74, 6) is -0.443. The maximum absolute atomic E-state index is 12.6. The van der Waals surface area contributed by atoms with E-state index in [0.717, 1.165) is 6.26 Å². The van der Waals surface area contributed by atoms with Crippen molar-refractivity contribution in [3.63, 3.8) is 0 Å². The molecule has 2 aromatic carbocycles. The predicted molar refractivity (Wildman–Crippen MR) is 111 cm³/mol. The fourth-order valence-electron chi connectivity index (χ4n) is 3.26. The van der Waals surface area contributed by atoms with Gasteiger partial charge in [-0.1, -0.05) is 24.3 Å². The van der Waals surface area contributed by atoms with Crippen LogP contribution in [0.2, 0.25) is 0 Å². The van der Waals surface area contributed by atoms with Crippen LogP contribution in [0.15, 0.2) is 53.6 Å². The molecule has 0 saturated carbocycles. The number of amides is 1. The smallest absolute Gasteiger partial charge is 0.274 e. The highest BCUT2D eigenvalue weighted by Gasteiger charge is 2.36. The van der Waals surface area contributed by atoms with E-state index in [1.807, 2.05) is 0 Å². The van der Waals surface area contributed by atoms with E-state index in [-0.39, 0.29) is 18.7 Å². The molecule has 0 aliphatic carbocycles. The van der Waals surface area contributed by atoms with Gasteiger partial charge in [0.2, 0.25) is 10.0 Å². The molecule has 30 heavy (non-hydrogen) atoms. The predicted octanol–water partition coefficient (Wildman–Crippen LogP) is 2.29. The van der Waals surface area contributed by atoms with Crippen LogP contribution in [0.5, 0.6) is 0 Å². The van der Waals surface area contributed by atoms with Crippen molar-refractivity contribution in [3.05, 3.63) is 69.8 Å². The van der Waals surface area contributed by atoms with Gasteiger partial charge in [0, 0.05) is 25.3 Å². The first-order valence-corrected chi connectivity index (χ1v) is 10.8. The summed E-state index contributed by atoms with van der Waals surface area (Å²) in [5.41, 5.74) is 1.69. The van der Waals surface area contributed by atoms with Gasteiger partial charge in [-0.3, -0.25) is 19.6 Å². The number of anilines is 1. The Labute approximate surface area is 173 Å². The molecule has 158 valence electrons. The van der Waals surface area contributed by atoms with Gasteiger partial charge in [-0.2, -0.15) is 5.10 Å². The number of nitrogens with one attached hydrogen (secondary N) is 1. The van der Waals surface area contributed by atoms with E-state index in [0.29, 0.717) is 22.5 Å². The van der Waals surface area contributed by atoms with E-state index in [1.54, 1.807) is 42.5 Å². The number of sulfonamides is 1. The topological polar surface area (TPSA) is 131 Å². The second-order valence-electron chi connectivity index (χ2n) is 6.71. The summed E-state index contributed by atoms with van der Waals surface area (Å²) in [6.45, 7) is -0.233. The average molecular weight is 432 g/mol. The van der Waals surface area contributed by atoms with E-state index in [1.165, 1.54) is 18.2 Å². The Kier molecular flexibility index (Phi) is 6.13. The van der Waals surface area contributed by atoms with E-state index in [2.05, 4.69) is 9.82 Å². The van der Waals surface area contributed by atoms with E-state index >= 15 is 0 Å². The number of hydrogen-bond acceptors (Lipinski definition) is 7. The summed E-state index contributed by atoms with van der Waals surface area (Å²) in [6, 6.07) is 12.1. The number of benzene rings is 2. The van der Waals surface area contributed by atoms with Gasteiger partial charge in [-0.25, -0.2) is 13.4 Å². The summed E-state index contributed by atoms with van der Waals surface area (Å²) in [4.78, 5) is 23.6. The van der Waals surface area contributed by atoms with Crippen LogP contribution in [0.1, 0.15) is 23.6 Å². The summed E-state index contributed by atoms with van der Waals surface area (Å²) < 4.78 is 30.3. The number of carbonyl (C=O) groups excluding carboxylic acids is 1. The van der Waals surface area contributed by atoms with E-state index < -0.39 is 26.9 Å². The fourth-order valence-corrected chi connectivity index (χ4v) is 3.81. The van der Waals surface area contributed by atoms with Crippen molar-refractivity contribution in [3.8, 4) is 0 Å². The number of para-hydroxylation sites is 1. The molecule has 0 spiro atoms. The van der Waals surface area contributed by atoms with Gasteiger partial charge in [0.25, 0.3) is 11.6 Å². The summed E-state index contributed by atoms with van der Waals surface area (Å²) in [6.07, 6.45) is 1.27. The monoisotopic (exact) mass is 432 g/mol. The zero-order valence-corrected chi connectivity index (χ0v) is 17.1. The third kappa shape index (κ3) is 4.81. The van der Waals surface area contributed by atoms with Crippen molar-refractivity contribution in [2.75, 3.05) is 24.7 Å². The third-order valence-electron chi connectivity index (χ3n) is 4.43. The lowest BCUT2D eigenvalue weighted by Crippen LogP contribution is -2.30. The second-order valence-corrected chi connectivity index (χ2v) is 8.46. The van der Waals surface area contributed by atoms with Crippen LogP contribution in [0.4, 0.5) is 11.4 Å². The minimum atomic E-state index is -3.46. The van der Waals surface area contributed by atoms with Crippen LogP contribution >= 0.6 is 0 Å². The van der Waals surface area contributed by atoms with Gasteiger partial charge in [0.15, 0.2) is 0 Å². The molecule has 1 aliphatic rings. The lowest BCUT2D eigenvalue weighted by molar-refractivity contribution is -0.385. The fraction of sp³-hybridized carbons (Fsp3) is 0.263. The molecule has 2 aromatic rings. The molecular formula is C19H20N4O6S. The number of rotatable bonds is 7. The Morgan fingerprint density at radius 1 is 1.30 bits per heavy atom. The second kappa shape index (κ2) is 8.59. The zero-order chi connectivity index (χ0) is 21.9. The highest BCUT2D eigenvalue weighted by Crippen LogP contribution is 2.37. The largest absolute Gasteiger partial charge is 0.375 e. The Morgan fingerprint density at radius 2 is 2.03 bits per heavy atom. The average Bonchev–Trinajstić information content (AvgIpc) is 3.12. The number of nitrogens with zero attached hydrogens (tertiary/aromatic N) is 3. The molecule has 0 saturated heterocycles. The molecule has 10 nitrogen and oxygen atoms in total. The first-order chi connectivity index (χ1) is 14.2. The highest BCUT2D eigenvalue weighted by atomic mass is 32.2. The maximum Gasteiger partial charge on any atom is 0.274 e. The Morgan fingerprint density at radius 3 is 2.70 bits per heavy atom. The molecule has 1 heterocycles. The maximum atomic E-state index is 12.6. The van der Waals surface area contributed by atoms with Crippen molar-refractivity contribution in [1.82, 2.24) is 5.01 Å². The first kappa shape index (κ1) is 21.4. The van der Waals surface area contributed by atoms with Gasteiger partial charge < -0.3 is 4.74 Å². The summed E-state index contributed by atoms with van der Waals surface area (Å²) in [5, 5.41) is 17.1. The molecule has 1 N–H and O–H groups in total. The van der Waals surface area contributed by atoms with E-state index in [9.17, 15) is 23.3 Å².